The van der Waals surface area contributed by atoms with Gasteiger partial charge in [-0.05, 0) is 25.7 Å². The highest BCUT2D eigenvalue weighted by Crippen LogP contribution is 2.20. The SMILES string of the molecule is NC(=O)CC[C@H]1CN(CC(=O)O)[C@@H](CCC(N)=O)CN(CC(=O)O)[C@@H](CCC(N)=O)CN(CC(=O)O)[C@@H](CCC(N)=O)CN1. The average molecular weight is 631 g/mol. The molecule has 1 saturated heterocycles. The molecule has 0 unspecified atom stereocenters. The van der Waals surface area contributed by atoms with E-state index in [0.717, 1.165) is 0 Å². The van der Waals surface area contributed by atoms with Gasteiger partial charge >= 0.3 is 17.9 Å². The normalized spacial score (nSPS) is 22.7. The minimum Gasteiger partial charge on any atom is -0.480 e. The Kier molecular flexibility index (Phi) is 16.8. The summed E-state index contributed by atoms with van der Waals surface area (Å²) in [6.45, 7) is -1.61. The molecule has 1 aliphatic heterocycles. The van der Waals surface area contributed by atoms with Crippen LogP contribution in [0.5, 0.6) is 0 Å². The molecule has 12 N–H and O–H groups in total. The predicted molar refractivity (Wildman–Crippen MR) is 154 cm³/mol. The summed E-state index contributed by atoms with van der Waals surface area (Å²) in [4.78, 5) is 87.4. The van der Waals surface area contributed by atoms with E-state index in [0.29, 0.717) is 0 Å². The van der Waals surface area contributed by atoms with Crippen molar-refractivity contribution < 1.29 is 48.9 Å². The van der Waals surface area contributed by atoms with Crippen molar-refractivity contribution >= 4 is 41.5 Å². The smallest absolute Gasteiger partial charge is 0.317 e. The van der Waals surface area contributed by atoms with Crippen molar-refractivity contribution in [3.63, 3.8) is 0 Å². The molecule has 1 heterocycles. The summed E-state index contributed by atoms with van der Waals surface area (Å²) in [7, 11) is 0. The molecule has 18 heteroatoms. The third-order valence-corrected chi connectivity index (χ3v) is 7.46. The Balaban J connectivity index is 3.78. The molecule has 0 aromatic rings. The monoisotopic (exact) mass is 630 g/mol. The second-order valence-corrected chi connectivity index (χ2v) is 11.1. The number of carbonyl (C=O) groups is 7. The fraction of sp³-hybridized carbons (Fsp3) is 0.731. The molecular weight excluding hydrogens is 584 g/mol. The molecule has 4 atom stereocenters. The van der Waals surface area contributed by atoms with Crippen LogP contribution in [0.25, 0.3) is 0 Å². The zero-order valence-electron chi connectivity index (χ0n) is 24.8. The van der Waals surface area contributed by atoms with Crippen molar-refractivity contribution in [2.75, 3.05) is 45.8 Å². The number of nitrogens with two attached hydrogens (primary N) is 4. The number of rotatable bonds is 18. The summed E-state index contributed by atoms with van der Waals surface area (Å²) in [6.07, 6.45) is -0.0645. The Labute approximate surface area is 255 Å². The van der Waals surface area contributed by atoms with Gasteiger partial charge in [0, 0.05) is 76.0 Å². The molecule has 0 aromatic heterocycles. The van der Waals surface area contributed by atoms with E-state index in [1.54, 1.807) is 9.80 Å². The first-order chi connectivity index (χ1) is 20.6. The van der Waals surface area contributed by atoms with Crippen molar-refractivity contribution in [1.29, 1.82) is 0 Å². The third kappa shape index (κ3) is 16.1. The molecule has 0 bridgehead atoms. The van der Waals surface area contributed by atoms with Crippen LogP contribution in [0.3, 0.4) is 0 Å². The molecule has 1 rings (SSSR count). The largest absolute Gasteiger partial charge is 0.480 e. The maximum absolute atomic E-state index is 12.0. The van der Waals surface area contributed by atoms with E-state index in [9.17, 15) is 48.9 Å². The lowest BCUT2D eigenvalue weighted by molar-refractivity contribution is -0.142. The zero-order chi connectivity index (χ0) is 33.4. The van der Waals surface area contributed by atoms with Crippen LogP contribution in [0.15, 0.2) is 0 Å². The van der Waals surface area contributed by atoms with Crippen LogP contribution >= 0.6 is 0 Å². The predicted octanol–water partition coefficient (Wildman–Crippen LogP) is -3.71. The lowest BCUT2D eigenvalue weighted by Gasteiger charge is -2.43. The van der Waals surface area contributed by atoms with Crippen molar-refractivity contribution in [2.24, 2.45) is 22.9 Å². The molecule has 0 aliphatic carbocycles. The maximum atomic E-state index is 12.0. The number of carboxylic acids is 3. The number of primary amides is 4. The number of amides is 4. The average Bonchev–Trinajstić information content (AvgIpc) is 2.88. The highest BCUT2D eigenvalue weighted by molar-refractivity contribution is 5.75. The lowest BCUT2D eigenvalue weighted by Crippen LogP contribution is -2.59. The summed E-state index contributed by atoms with van der Waals surface area (Å²) in [5.41, 5.74) is 21.6. The van der Waals surface area contributed by atoms with E-state index in [2.05, 4.69) is 5.32 Å². The quantitative estimate of drug-likeness (QED) is 0.0722. The van der Waals surface area contributed by atoms with E-state index < -0.39 is 85.3 Å². The zero-order valence-corrected chi connectivity index (χ0v) is 24.8. The first-order valence-electron chi connectivity index (χ1n) is 14.3. The highest BCUT2D eigenvalue weighted by Gasteiger charge is 2.34. The molecule has 4 amide bonds. The fourth-order valence-electron chi connectivity index (χ4n) is 5.37. The van der Waals surface area contributed by atoms with Crippen molar-refractivity contribution in [2.45, 2.75) is 75.5 Å². The number of carboxylic acid groups (broad SMARTS) is 3. The number of nitrogens with one attached hydrogen (secondary N) is 1. The summed E-state index contributed by atoms with van der Waals surface area (Å²) in [6, 6.07) is -2.68. The van der Waals surface area contributed by atoms with E-state index in [4.69, 9.17) is 22.9 Å². The lowest BCUT2D eigenvalue weighted by atomic mass is 10.00. The molecule has 0 spiro atoms. The Hall–Kier alpha value is -3.87. The summed E-state index contributed by atoms with van der Waals surface area (Å²) < 4.78 is 0. The number of aliphatic carboxylic acids is 3. The highest BCUT2D eigenvalue weighted by atomic mass is 16.4. The van der Waals surface area contributed by atoms with Crippen LogP contribution in [0.4, 0.5) is 0 Å². The number of hydrogen-bond acceptors (Lipinski definition) is 11. The van der Waals surface area contributed by atoms with Crippen molar-refractivity contribution in [1.82, 2.24) is 20.0 Å². The molecule has 0 saturated carbocycles. The van der Waals surface area contributed by atoms with E-state index in [1.165, 1.54) is 4.90 Å². The minimum atomic E-state index is -1.24. The number of carbonyl (C=O) groups excluding carboxylic acids is 4. The van der Waals surface area contributed by atoms with Crippen LogP contribution < -0.4 is 28.3 Å². The van der Waals surface area contributed by atoms with Crippen LogP contribution in [-0.2, 0) is 33.6 Å². The Morgan fingerprint density at radius 2 is 0.841 bits per heavy atom. The van der Waals surface area contributed by atoms with Gasteiger partial charge in [0.05, 0.1) is 19.6 Å². The van der Waals surface area contributed by atoms with Gasteiger partial charge in [0.2, 0.25) is 23.6 Å². The summed E-state index contributed by atoms with van der Waals surface area (Å²) in [5, 5.41) is 32.6. The second-order valence-electron chi connectivity index (χ2n) is 11.1. The van der Waals surface area contributed by atoms with Crippen LogP contribution in [0, 0.1) is 0 Å². The molecular formula is C26H46N8O10. The molecule has 250 valence electrons. The summed E-state index contributed by atoms with van der Waals surface area (Å²) in [5.74, 6) is -6.19. The van der Waals surface area contributed by atoms with Crippen LogP contribution in [0.2, 0.25) is 0 Å². The third-order valence-electron chi connectivity index (χ3n) is 7.46. The molecule has 44 heavy (non-hydrogen) atoms. The van der Waals surface area contributed by atoms with E-state index >= 15 is 0 Å². The van der Waals surface area contributed by atoms with Gasteiger partial charge < -0.3 is 43.6 Å². The number of hydrogen-bond donors (Lipinski definition) is 8. The van der Waals surface area contributed by atoms with Gasteiger partial charge in [0.25, 0.3) is 0 Å². The first kappa shape index (κ1) is 38.2. The minimum absolute atomic E-state index is 0.0251. The molecule has 1 aliphatic rings. The van der Waals surface area contributed by atoms with Gasteiger partial charge in [-0.25, -0.2) is 0 Å². The topological polar surface area (TPSA) is 306 Å². The van der Waals surface area contributed by atoms with Gasteiger partial charge in [-0.2, -0.15) is 0 Å². The molecule has 18 nitrogen and oxygen atoms in total. The van der Waals surface area contributed by atoms with Gasteiger partial charge in [0.1, 0.15) is 0 Å². The van der Waals surface area contributed by atoms with Crippen LogP contribution in [-0.4, -0.2) is 142 Å². The molecule has 0 radical (unpaired) electrons. The number of nitrogens with zero attached hydrogens (tertiary/aromatic N) is 3. The summed E-state index contributed by atoms with van der Waals surface area (Å²) >= 11 is 0. The van der Waals surface area contributed by atoms with E-state index in [-0.39, 0.29) is 77.5 Å². The Morgan fingerprint density at radius 1 is 0.523 bits per heavy atom. The standard InChI is InChI=1S/C26H46N8O10/c27-20(35)5-1-16-10-32(13-24(39)40)18(3-7-22(29)37)12-34(15-26(43)44)19(4-8-23(30)38)11-33(14-25(41)42)17(9-31-16)2-6-21(28)36/h16-19,31H,1-15H2,(H2,27,35)(H2,28,36)(H2,29,37)(H2,30,38)(H,39,40)(H,41,42)(H,43,44)/t16-,17-,18-,19-/m0/s1. The Bertz CT molecular complexity index is 1010. The maximum Gasteiger partial charge on any atom is 0.317 e. The van der Waals surface area contributed by atoms with Gasteiger partial charge in [-0.3, -0.25) is 48.3 Å². The second kappa shape index (κ2) is 19.4. The van der Waals surface area contributed by atoms with Crippen LogP contribution in [0.1, 0.15) is 51.4 Å². The fourth-order valence-corrected chi connectivity index (χ4v) is 5.37. The van der Waals surface area contributed by atoms with Crippen molar-refractivity contribution in [3.8, 4) is 0 Å². The Morgan fingerprint density at radius 3 is 1.20 bits per heavy atom. The van der Waals surface area contributed by atoms with Gasteiger partial charge in [0.15, 0.2) is 0 Å². The van der Waals surface area contributed by atoms with Crippen molar-refractivity contribution in [3.05, 3.63) is 0 Å². The molecule has 0 aromatic carbocycles. The van der Waals surface area contributed by atoms with E-state index in [1.807, 2.05) is 0 Å². The van der Waals surface area contributed by atoms with Gasteiger partial charge in [-0.1, -0.05) is 0 Å². The first-order valence-corrected chi connectivity index (χ1v) is 14.3. The molecule has 1 fully saturated rings. The van der Waals surface area contributed by atoms with Gasteiger partial charge in [-0.15, -0.1) is 0 Å².